The number of hydrogen-bond donors (Lipinski definition) is 1. The van der Waals surface area contributed by atoms with Crippen molar-refractivity contribution in [3.63, 3.8) is 0 Å². The lowest BCUT2D eigenvalue weighted by molar-refractivity contribution is 0.158. The van der Waals surface area contributed by atoms with Gasteiger partial charge in [0.15, 0.2) is 17.3 Å². The van der Waals surface area contributed by atoms with E-state index in [4.69, 9.17) is 9.47 Å². The van der Waals surface area contributed by atoms with E-state index in [1.807, 2.05) is 35.0 Å². The van der Waals surface area contributed by atoms with Crippen LogP contribution in [0.3, 0.4) is 0 Å². The Balaban J connectivity index is 1.39. The highest BCUT2D eigenvalue weighted by Gasteiger charge is 2.30. The lowest BCUT2D eigenvalue weighted by Crippen LogP contribution is -2.32. The Kier molecular flexibility index (Phi) is 6.38. The number of nitrogens with zero attached hydrogens (tertiary/aromatic N) is 5. The molecular weight excluding hydrogens is 468 g/mol. The molecule has 0 saturated heterocycles. The van der Waals surface area contributed by atoms with E-state index in [0.29, 0.717) is 19.1 Å². The maximum absolute atomic E-state index is 13.2. The third-order valence-corrected chi connectivity index (χ3v) is 7.59. The molecule has 2 aromatic heterocycles. The number of rotatable bonds is 8. The van der Waals surface area contributed by atoms with Crippen molar-refractivity contribution in [3.05, 3.63) is 75.3 Å². The topological polar surface area (TPSA) is 98.2 Å². The summed E-state index contributed by atoms with van der Waals surface area (Å²) in [6.07, 6.45) is 5.41. The third-order valence-electron chi connectivity index (χ3n) is 7.59. The number of nitrogens with one attached hydrogen (secondary N) is 1. The summed E-state index contributed by atoms with van der Waals surface area (Å²) in [6, 6.07) is 14.4. The molecule has 6 rings (SSSR count). The van der Waals surface area contributed by atoms with Crippen molar-refractivity contribution in [1.82, 2.24) is 30.1 Å². The lowest BCUT2D eigenvalue weighted by atomic mass is 10.1. The highest BCUT2D eigenvalue weighted by Crippen LogP contribution is 2.36. The summed E-state index contributed by atoms with van der Waals surface area (Å²) in [6.45, 7) is 5.52. The molecule has 1 saturated carbocycles. The van der Waals surface area contributed by atoms with Gasteiger partial charge in [0, 0.05) is 24.2 Å². The zero-order chi connectivity index (χ0) is 25.4. The van der Waals surface area contributed by atoms with Crippen LogP contribution in [-0.4, -0.2) is 36.9 Å². The number of aryl methyl sites for hydroxylation is 1. The predicted octanol–water partition coefficient (Wildman–Crippen LogP) is 4.82. The first kappa shape index (κ1) is 23.7. The fourth-order valence-electron chi connectivity index (χ4n) is 5.69. The molecule has 1 aliphatic heterocycles. The minimum absolute atomic E-state index is 0.0615. The zero-order valence-corrected chi connectivity index (χ0v) is 21.3. The molecule has 1 atom stereocenters. The molecular formula is C28H32N6O3. The number of benzene rings is 2. The van der Waals surface area contributed by atoms with Crippen molar-refractivity contribution in [2.24, 2.45) is 0 Å². The molecule has 0 amide bonds. The standard InChI is InChI=1S/C28H32N6O3/c1-3-24(27-30-31-32-34(27)22-6-4-5-7-22)33(15-19-9-11-25-26(13-19)37-17-36-25)16-21-14-20-12-18(2)8-10-23(20)29-28(21)35/h8-14,22,24H,3-7,15-17H2,1-2H3,(H,29,35)/t24-/m1/s1. The van der Waals surface area contributed by atoms with Gasteiger partial charge in [0.05, 0.1) is 12.1 Å². The molecule has 2 aromatic carbocycles. The summed E-state index contributed by atoms with van der Waals surface area (Å²) in [7, 11) is 0. The van der Waals surface area contributed by atoms with Crippen molar-refractivity contribution in [3.8, 4) is 11.5 Å². The smallest absolute Gasteiger partial charge is 0.252 e. The molecule has 1 aliphatic carbocycles. The molecule has 0 unspecified atom stereocenters. The number of H-pyrrole nitrogens is 1. The van der Waals surface area contributed by atoms with Gasteiger partial charge in [0.2, 0.25) is 6.79 Å². The maximum Gasteiger partial charge on any atom is 0.252 e. The molecule has 9 nitrogen and oxygen atoms in total. The van der Waals surface area contributed by atoms with Gasteiger partial charge in [-0.15, -0.1) is 5.10 Å². The monoisotopic (exact) mass is 500 g/mol. The van der Waals surface area contributed by atoms with Crippen molar-refractivity contribution >= 4 is 10.9 Å². The van der Waals surface area contributed by atoms with Gasteiger partial charge in [-0.2, -0.15) is 0 Å². The summed E-state index contributed by atoms with van der Waals surface area (Å²) in [5.74, 6) is 2.37. The summed E-state index contributed by atoms with van der Waals surface area (Å²) in [5, 5.41) is 14.0. The van der Waals surface area contributed by atoms with Crippen LogP contribution in [0.25, 0.3) is 10.9 Å². The van der Waals surface area contributed by atoms with Gasteiger partial charge in [-0.25, -0.2) is 4.68 Å². The summed E-state index contributed by atoms with van der Waals surface area (Å²) < 4.78 is 13.2. The molecule has 37 heavy (non-hydrogen) atoms. The van der Waals surface area contributed by atoms with Gasteiger partial charge in [-0.1, -0.05) is 37.5 Å². The highest BCUT2D eigenvalue weighted by atomic mass is 16.7. The number of aromatic nitrogens is 5. The summed E-state index contributed by atoms with van der Waals surface area (Å²) in [4.78, 5) is 18.5. The summed E-state index contributed by atoms with van der Waals surface area (Å²) in [5.41, 5.74) is 3.73. The average Bonchev–Trinajstić information content (AvgIpc) is 3.66. The first-order valence-corrected chi connectivity index (χ1v) is 13.1. The van der Waals surface area contributed by atoms with Crippen LogP contribution < -0.4 is 15.0 Å². The van der Waals surface area contributed by atoms with Gasteiger partial charge in [0.1, 0.15) is 0 Å². The van der Waals surface area contributed by atoms with Gasteiger partial charge in [-0.3, -0.25) is 9.69 Å². The summed E-state index contributed by atoms with van der Waals surface area (Å²) >= 11 is 0. The van der Waals surface area contributed by atoms with E-state index in [1.165, 1.54) is 12.8 Å². The number of aromatic amines is 1. The first-order chi connectivity index (χ1) is 18.1. The Labute approximate surface area is 215 Å². The maximum atomic E-state index is 13.2. The minimum atomic E-state index is -0.0720. The van der Waals surface area contributed by atoms with Crippen molar-refractivity contribution < 1.29 is 9.47 Å². The van der Waals surface area contributed by atoms with E-state index in [1.54, 1.807) is 0 Å². The lowest BCUT2D eigenvalue weighted by Gasteiger charge is -2.31. The molecule has 9 heteroatoms. The molecule has 4 aromatic rings. The fraction of sp³-hybridized carbons (Fsp3) is 0.429. The van der Waals surface area contributed by atoms with E-state index in [0.717, 1.165) is 64.2 Å². The van der Waals surface area contributed by atoms with Crippen molar-refractivity contribution in [2.45, 2.75) is 71.1 Å². The van der Waals surface area contributed by atoms with Crippen LogP contribution in [0.1, 0.15) is 73.6 Å². The van der Waals surface area contributed by atoms with Gasteiger partial charge < -0.3 is 14.5 Å². The van der Waals surface area contributed by atoms with Crippen molar-refractivity contribution in [1.29, 1.82) is 0 Å². The van der Waals surface area contributed by atoms with E-state index in [9.17, 15) is 4.79 Å². The molecule has 0 radical (unpaired) electrons. The second-order valence-electron chi connectivity index (χ2n) is 10.2. The number of tetrazole rings is 1. The van der Waals surface area contributed by atoms with Crippen LogP contribution >= 0.6 is 0 Å². The molecule has 1 fully saturated rings. The third kappa shape index (κ3) is 4.71. The largest absolute Gasteiger partial charge is 0.454 e. The van der Waals surface area contributed by atoms with Gasteiger partial charge in [0.25, 0.3) is 5.56 Å². The minimum Gasteiger partial charge on any atom is -0.454 e. The molecule has 3 heterocycles. The SMILES string of the molecule is CC[C@H](c1nnnn1C1CCCC1)N(Cc1ccc2c(c1)OCO2)Cc1cc2cc(C)ccc2[nH]c1=O. The van der Waals surface area contributed by atoms with Crippen LogP contribution in [0.2, 0.25) is 0 Å². The molecule has 1 N–H and O–H groups in total. The number of hydrogen-bond acceptors (Lipinski definition) is 7. The van der Waals surface area contributed by atoms with Crippen LogP contribution in [0.4, 0.5) is 0 Å². The van der Waals surface area contributed by atoms with Gasteiger partial charge in [-0.05, 0) is 77.9 Å². The Morgan fingerprint density at radius 3 is 2.76 bits per heavy atom. The normalized spacial score (nSPS) is 16.2. The second-order valence-corrected chi connectivity index (χ2v) is 10.2. The highest BCUT2D eigenvalue weighted by molar-refractivity contribution is 5.79. The first-order valence-electron chi connectivity index (χ1n) is 13.1. The Morgan fingerprint density at radius 2 is 1.92 bits per heavy atom. The molecule has 192 valence electrons. The van der Waals surface area contributed by atoms with Crippen LogP contribution in [0.15, 0.2) is 47.3 Å². The fourth-order valence-corrected chi connectivity index (χ4v) is 5.69. The quantitative estimate of drug-likeness (QED) is 0.370. The Bertz CT molecular complexity index is 1470. The Hall–Kier alpha value is -3.72. The number of pyridine rings is 1. The van der Waals surface area contributed by atoms with E-state index >= 15 is 0 Å². The van der Waals surface area contributed by atoms with Crippen LogP contribution in [0.5, 0.6) is 11.5 Å². The second kappa shape index (κ2) is 9.97. The molecule has 0 spiro atoms. The molecule has 2 aliphatic rings. The zero-order valence-electron chi connectivity index (χ0n) is 21.3. The van der Waals surface area contributed by atoms with E-state index in [-0.39, 0.29) is 18.4 Å². The van der Waals surface area contributed by atoms with E-state index < -0.39 is 0 Å². The van der Waals surface area contributed by atoms with Gasteiger partial charge >= 0.3 is 0 Å². The van der Waals surface area contributed by atoms with Crippen LogP contribution in [-0.2, 0) is 13.1 Å². The number of fused-ring (bicyclic) bond motifs is 2. The predicted molar refractivity (Wildman–Crippen MR) is 139 cm³/mol. The Morgan fingerprint density at radius 1 is 1.08 bits per heavy atom. The van der Waals surface area contributed by atoms with Crippen molar-refractivity contribution in [2.75, 3.05) is 6.79 Å². The average molecular weight is 501 g/mol. The number of ether oxygens (including phenoxy) is 2. The van der Waals surface area contributed by atoms with E-state index in [2.05, 4.69) is 51.4 Å². The van der Waals surface area contributed by atoms with Crippen LogP contribution in [0, 0.1) is 6.92 Å². The molecule has 0 bridgehead atoms.